The molecule has 3 aromatic rings. The highest BCUT2D eigenvalue weighted by Crippen LogP contribution is 2.33. The molecule has 28 heavy (non-hydrogen) atoms. The third kappa shape index (κ3) is 4.18. The van der Waals surface area contributed by atoms with Gasteiger partial charge >= 0.3 is 5.97 Å². The molecule has 0 spiro atoms. The van der Waals surface area contributed by atoms with Gasteiger partial charge in [0.15, 0.2) is 6.10 Å². The second-order valence-electron chi connectivity index (χ2n) is 7.27. The molecule has 1 N–H and O–H groups in total. The Balaban J connectivity index is 1.34. The lowest BCUT2D eigenvalue weighted by Crippen LogP contribution is -2.36. The first-order valence-electron chi connectivity index (χ1n) is 9.66. The number of nitrogens with zero attached hydrogens (tertiary/aromatic N) is 2. The van der Waals surface area contributed by atoms with Gasteiger partial charge in [-0.3, -0.25) is 0 Å². The summed E-state index contributed by atoms with van der Waals surface area (Å²) in [7, 11) is 0. The largest absolute Gasteiger partial charge is 0.459 e. The van der Waals surface area contributed by atoms with Crippen molar-refractivity contribution in [2.24, 2.45) is 5.92 Å². The van der Waals surface area contributed by atoms with Gasteiger partial charge in [0.05, 0.1) is 11.4 Å². The van der Waals surface area contributed by atoms with Gasteiger partial charge in [-0.25, -0.2) is 13.9 Å². The van der Waals surface area contributed by atoms with E-state index in [-0.39, 0.29) is 6.61 Å². The standard InChI is InChI=1S/C22H25N2O3S/c1-16-23(10-11-24(16)15-17-7-8-17)12-13-27-22(26)20(25)21-19(9-14-28-21)18-5-3-2-4-6-18/h2-6,9-11,14,17,20,25H,7-8,12-13,15H2,1H3/q+1. The summed E-state index contributed by atoms with van der Waals surface area (Å²) in [5.41, 5.74) is 1.85. The first-order valence-corrected chi connectivity index (χ1v) is 10.5. The van der Waals surface area contributed by atoms with Crippen LogP contribution < -0.4 is 4.57 Å². The smallest absolute Gasteiger partial charge is 0.340 e. The average molecular weight is 398 g/mol. The van der Waals surface area contributed by atoms with Crippen molar-refractivity contribution >= 4 is 17.3 Å². The normalized spacial score (nSPS) is 14.8. The van der Waals surface area contributed by atoms with Crippen LogP contribution in [0, 0.1) is 12.8 Å². The summed E-state index contributed by atoms with van der Waals surface area (Å²) in [5, 5.41) is 12.4. The van der Waals surface area contributed by atoms with Crippen LogP contribution in [0.2, 0.25) is 0 Å². The van der Waals surface area contributed by atoms with Crippen LogP contribution in [0.25, 0.3) is 11.1 Å². The molecule has 6 heteroatoms. The van der Waals surface area contributed by atoms with Crippen LogP contribution in [0.4, 0.5) is 0 Å². The molecule has 0 bridgehead atoms. The molecule has 4 rings (SSSR count). The van der Waals surface area contributed by atoms with Crippen LogP contribution in [0.3, 0.4) is 0 Å². The number of thiophene rings is 1. The van der Waals surface area contributed by atoms with E-state index < -0.39 is 12.1 Å². The minimum Gasteiger partial charge on any atom is -0.459 e. The van der Waals surface area contributed by atoms with E-state index in [0.717, 1.165) is 29.4 Å². The number of esters is 1. The highest BCUT2D eigenvalue weighted by Gasteiger charge is 2.27. The number of carbonyl (C=O) groups is 1. The molecule has 5 nitrogen and oxygen atoms in total. The minimum atomic E-state index is -1.26. The van der Waals surface area contributed by atoms with E-state index in [1.54, 1.807) is 0 Å². The second-order valence-corrected chi connectivity index (χ2v) is 8.22. The maximum atomic E-state index is 12.4. The zero-order chi connectivity index (χ0) is 19.5. The van der Waals surface area contributed by atoms with E-state index in [4.69, 9.17) is 4.74 Å². The van der Waals surface area contributed by atoms with Gasteiger partial charge in [0.1, 0.15) is 25.5 Å². The van der Waals surface area contributed by atoms with Crippen molar-refractivity contribution < 1.29 is 19.2 Å². The van der Waals surface area contributed by atoms with Crippen LogP contribution in [0.1, 0.15) is 29.6 Å². The minimum absolute atomic E-state index is 0.237. The van der Waals surface area contributed by atoms with Gasteiger partial charge in [0, 0.05) is 6.92 Å². The van der Waals surface area contributed by atoms with E-state index in [0.29, 0.717) is 11.4 Å². The van der Waals surface area contributed by atoms with Crippen LogP contribution >= 0.6 is 11.3 Å². The summed E-state index contributed by atoms with van der Waals surface area (Å²) in [6, 6.07) is 11.7. The number of rotatable bonds is 8. The molecule has 1 saturated carbocycles. The van der Waals surface area contributed by atoms with E-state index in [2.05, 4.69) is 22.3 Å². The predicted molar refractivity (Wildman–Crippen MR) is 108 cm³/mol. The molecular weight excluding hydrogens is 372 g/mol. The molecule has 1 aliphatic rings. The van der Waals surface area contributed by atoms with Gasteiger partial charge in [0.2, 0.25) is 0 Å². The number of benzene rings is 1. The third-order valence-electron chi connectivity index (χ3n) is 5.24. The van der Waals surface area contributed by atoms with E-state index in [9.17, 15) is 9.90 Å². The topological polar surface area (TPSA) is 55.3 Å². The zero-order valence-corrected chi connectivity index (χ0v) is 16.8. The maximum absolute atomic E-state index is 12.4. The summed E-state index contributed by atoms with van der Waals surface area (Å²) in [4.78, 5) is 13.0. The maximum Gasteiger partial charge on any atom is 0.340 e. The molecule has 0 saturated heterocycles. The summed E-state index contributed by atoms with van der Waals surface area (Å²) < 4.78 is 9.71. The lowest BCUT2D eigenvalue weighted by Gasteiger charge is -2.11. The Hall–Kier alpha value is -2.44. The lowest BCUT2D eigenvalue weighted by atomic mass is 10.0. The molecule has 1 aliphatic carbocycles. The van der Waals surface area contributed by atoms with Gasteiger partial charge in [-0.2, -0.15) is 0 Å². The molecule has 0 amide bonds. The predicted octanol–water partition coefficient (Wildman–Crippen LogP) is 3.50. The molecule has 1 unspecified atom stereocenters. The fourth-order valence-corrected chi connectivity index (χ4v) is 4.26. The van der Waals surface area contributed by atoms with E-state index >= 15 is 0 Å². The summed E-state index contributed by atoms with van der Waals surface area (Å²) in [5.74, 6) is 1.38. The van der Waals surface area contributed by atoms with Crippen LogP contribution in [-0.2, 0) is 22.6 Å². The molecule has 0 aliphatic heterocycles. The van der Waals surface area contributed by atoms with Gasteiger partial charge in [-0.15, -0.1) is 11.3 Å². The second kappa shape index (κ2) is 8.29. The van der Waals surface area contributed by atoms with Crippen molar-refractivity contribution in [3.63, 3.8) is 0 Å². The van der Waals surface area contributed by atoms with Crippen LogP contribution in [0.15, 0.2) is 54.2 Å². The molecule has 0 radical (unpaired) electrons. The van der Waals surface area contributed by atoms with Crippen molar-refractivity contribution in [2.45, 2.75) is 39.0 Å². The number of aliphatic hydroxyl groups excluding tert-OH is 1. The molecular formula is C22H25N2O3S+. The van der Waals surface area contributed by atoms with Crippen molar-refractivity contribution in [3.8, 4) is 11.1 Å². The summed E-state index contributed by atoms with van der Waals surface area (Å²) in [6.07, 6.45) is 5.49. The van der Waals surface area contributed by atoms with Gasteiger partial charge < -0.3 is 9.84 Å². The molecule has 2 aromatic heterocycles. The number of carbonyl (C=O) groups excluding carboxylic acids is 1. The molecule has 1 fully saturated rings. The van der Waals surface area contributed by atoms with E-state index in [1.165, 1.54) is 24.2 Å². The Morgan fingerprint density at radius 3 is 2.86 bits per heavy atom. The van der Waals surface area contributed by atoms with Crippen molar-refractivity contribution in [1.29, 1.82) is 0 Å². The summed E-state index contributed by atoms with van der Waals surface area (Å²) in [6.45, 7) is 3.97. The van der Waals surface area contributed by atoms with Crippen molar-refractivity contribution in [3.05, 3.63) is 64.9 Å². The number of ether oxygens (including phenoxy) is 1. The number of imidazole rings is 1. The van der Waals surface area contributed by atoms with Gasteiger partial charge in [-0.1, -0.05) is 30.3 Å². The first kappa shape index (κ1) is 18.9. The Labute approximate surface area is 168 Å². The number of hydrogen-bond acceptors (Lipinski definition) is 4. The Bertz CT molecular complexity index is 944. The summed E-state index contributed by atoms with van der Waals surface area (Å²) >= 11 is 1.37. The highest BCUT2D eigenvalue weighted by molar-refractivity contribution is 7.10. The van der Waals surface area contributed by atoms with Gasteiger partial charge in [0.25, 0.3) is 5.82 Å². The fourth-order valence-electron chi connectivity index (χ4n) is 3.37. The SMILES string of the molecule is Cc1n(CCOC(=O)C(O)c2sccc2-c2ccccc2)cc[n+]1CC1CC1. The highest BCUT2D eigenvalue weighted by atomic mass is 32.1. The average Bonchev–Trinajstić information content (AvgIpc) is 3.28. The Morgan fingerprint density at radius 1 is 1.32 bits per heavy atom. The Morgan fingerprint density at radius 2 is 2.11 bits per heavy atom. The monoisotopic (exact) mass is 397 g/mol. The number of aliphatic hydroxyl groups is 1. The lowest BCUT2D eigenvalue weighted by molar-refractivity contribution is -0.705. The molecule has 1 aromatic carbocycles. The number of hydrogen-bond donors (Lipinski definition) is 1. The fraction of sp³-hybridized carbons (Fsp3) is 0.364. The van der Waals surface area contributed by atoms with Crippen LogP contribution in [0.5, 0.6) is 0 Å². The quantitative estimate of drug-likeness (QED) is 0.468. The number of aromatic nitrogens is 2. The first-order chi connectivity index (χ1) is 13.6. The molecule has 2 heterocycles. The zero-order valence-electron chi connectivity index (χ0n) is 16.0. The van der Waals surface area contributed by atoms with Crippen LogP contribution in [-0.4, -0.2) is 22.2 Å². The van der Waals surface area contributed by atoms with Crippen molar-refractivity contribution in [1.82, 2.24) is 4.57 Å². The van der Waals surface area contributed by atoms with Gasteiger partial charge in [-0.05, 0) is 41.3 Å². The van der Waals surface area contributed by atoms with E-state index in [1.807, 2.05) is 48.0 Å². The third-order valence-corrected chi connectivity index (χ3v) is 6.21. The molecule has 1 atom stereocenters. The Kier molecular flexibility index (Phi) is 5.59. The van der Waals surface area contributed by atoms with Crippen molar-refractivity contribution in [2.75, 3.05) is 6.61 Å². The molecule has 146 valence electrons.